The fourth-order valence-electron chi connectivity index (χ4n) is 4.17. The van der Waals surface area contributed by atoms with Gasteiger partial charge in [-0.25, -0.2) is 0 Å². The number of hydrogen-bond donors (Lipinski definition) is 2. The molecule has 0 radical (unpaired) electrons. The number of methoxy groups -OCH3 is 1. The third-order valence-corrected chi connectivity index (χ3v) is 6.02. The molecule has 0 amide bonds. The van der Waals surface area contributed by atoms with Crippen molar-refractivity contribution in [1.82, 2.24) is 10.3 Å². The normalized spacial score (nSPS) is 16.9. The predicted molar refractivity (Wildman–Crippen MR) is 107 cm³/mol. The summed E-state index contributed by atoms with van der Waals surface area (Å²) in [7, 11) is 1.74. The van der Waals surface area contributed by atoms with Crippen molar-refractivity contribution in [2.24, 2.45) is 0 Å². The largest absolute Gasteiger partial charge is 0.496 e. The summed E-state index contributed by atoms with van der Waals surface area (Å²) in [5.41, 5.74) is 9.11. The molecular formula is C21H23BrN2O. The molecule has 1 unspecified atom stereocenters. The average Bonchev–Trinajstić information content (AvgIpc) is 2.97. The van der Waals surface area contributed by atoms with E-state index in [0.29, 0.717) is 0 Å². The van der Waals surface area contributed by atoms with Gasteiger partial charge < -0.3 is 15.0 Å². The molecule has 2 heterocycles. The average molecular weight is 399 g/mol. The number of nitrogens with one attached hydrogen (secondary N) is 2. The second kappa shape index (κ2) is 6.19. The van der Waals surface area contributed by atoms with Crippen molar-refractivity contribution in [1.29, 1.82) is 0 Å². The molecule has 0 aliphatic carbocycles. The van der Waals surface area contributed by atoms with Crippen LogP contribution >= 0.6 is 15.9 Å². The number of benzene rings is 2. The lowest BCUT2D eigenvalue weighted by molar-refractivity contribution is 0.410. The second-order valence-corrected chi connectivity index (χ2v) is 7.82. The molecule has 1 atom stereocenters. The third kappa shape index (κ3) is 2.59. The Labute approximate surface area is 156 Å². The number of hydrogen-bond acceptors (Lipinski definition) is 2. The van der Waals surface area contributed by atoms with E-state index in [9.17, 15) is 0 Å². The monoisotopic (exact) mass is 398 g/mol. The quantitative estimate of drug-likeness (QED) is 0.629. The van der Waals surface area contributed by atoms with Crippen LogP contribution in [-0.4, -0.2) is 18.6 Å². The lowest BCUT2D eigenvalue weighted by Gasteiger charge is -2.29. The maximum absolute atomic E-state index is 5.55. The van der Waals surface area contributed by atoms with Crippen molar-refractivity contribution >= 4 is 26.8 Å². The van der Waals surface area contributed by atoms with Crippen LogP contribution in [0.5, 0.6) is 5.75 Å². The molecule has 130 valence electrons. The van der Waals surface area contributed by atoms with Gasteiger partial charge in [-0.05, 0) is 79.3 Å². The van der Waals surface area contributed by atoms with E-state index in [2.05, 4.69) is 71.3 Å². The van der Waals surface area contributed by atoms with E-state index < -0.39 is 0 Å². The molecule has 1 aromatic heterocycles. The fraction of sp³-hybridized carbons (Fsp3) is 0.333. The van der Waals surface area contributed by atoms with Gasteiger partial charge in [0.25, 0.3) is 0 Å². The van der Waals surface area contributed by atoms with Gasteiger partial charge in [0.1, 0.15) is 5.75 Å². The van der Waals surface area contributed by atoms with E-state index in [1.807, 2.05) is 0 Å². The Bertz CT molecular complexity index is 974. The molecule has 25 heavy (non-hydrogen) atoms. The zero-order valence-electron chi connectivity index (χ0n) is 15.1. The van der Waals surface area contributed by atoms with E-state index in [0.717, 1.165) is 23.2 Å². The van der Waals surface area contributed by atoms with Gasteiger partial charge in [0.15, 0.2) is 0 Å². The molecular weight excluding hydrogens is 376 g/mol. The van der Waals surface area contributed by atoms with Gasteiger partial charge in [-0.3, -0.25) is 0 Å². The van der Waals surface area contributed by atoms with Gasteiger partial charge in [0.05, 0.1) is 13.2 Å². The first kappa shape index (κ1) is 16.7. The van der Waals surface area contributed by atoms with Crippen LogP contribution in [0.4, 0.5) is 0 Å². The maximum Gasteiger partial charge on any atom is 0.122 e. The lowest BCUT2D eigenvalue weighted by Crippen LogP contribution is -2.31. The Morgan fingerprint density at radius 1 is 1.12 bits per heavy atom. The first-order valence-corrected chi connectivity index (χ1v) is 9.48. The minimum atomic E-state index is 0.194. The topological polar surface area (TPSA) is 37.0 Å². The van der Waals surface area contributed by atoms with Crippen molar-refractivity contribution in [2.75, 3.05) is 13.7 Å². The van der Waals surface area contributed by atoms with Crippen LogP contribution in [0.3, 0.4) is 0 Å². The number of halogens is 1. The summed E-state index contributed by atoms with van der Waals surface area (Å²) in [4.78, 5) is 3.68. The number of aryl methyl sites for hydroxylation is 1. The van der Waals surface area contributed by atoms with Gasteiger partial charge in [0, 0.05) is 27.6 Å². The Morgan fingerprint density at radius 2 is 1.92 bits per heavy atom. The molecule has 3 nitrogen and oxygen atoms in total. The van der Waals surface area contributed by atoms with E-state index in [-0.39, 0.29) is 6.04 Å². The van der Waals surface area contributed by atoms with Crippen LogP contribution in [0.1, 0.15) is 39.6 Å². The molecule has 3 aromatic rings. The number of aromatic nitrogens is 1. The molecule has 2 N–H and O–H groups in total. The van der Waals surface area contributed by atoms with Crippen molar-refractivity contribution in [3.8, 4) is 5.75 Å². The van der Waals surface area contributed by atoms with Gasteiger partial charge in [-0.1, -0.05) is 15.9 Å². The number of fused-ring (bicyclic) bond motifs is 3. The van der Waals surface area contributed by atoms with E-state index in [1.165, 1.54) is 44.4 Å². The highest BCUT2D eigenvalue weighted by Crippen LogP contribution is 2.39. The highest BCUT2D eigenvalue weighted by Gasteiger charge is 2.28. The van der Waals surface area contributed by atoms with Crippen molar-refractivity contribution in [2.45, 2.75) is 33.2 Å². The number of H-pyrrole nitrogens is 1. The van der Waals surface area contributed by atoms with Crippen molar-refractivity contribution in [3.63, 3.8) is 0 Å². The van der Waals surface area contributed by atoms with E-state index >= 15 is 0 Å². The van der Waals surface area contributed by atoms with Crippen molar-refractivity contribution in [3.05, 3.63) is 62.2 Å². The summed E-state index contributed by atoms with van der Waals surface area (Å²) < 4.78 is 6.68. The van der Waals surface area contributed by atoms with Gasteiger partial charge in [0.2, 0.25) is 0 Å². The molecule has 4 heteroatoms. The summed E-state index contributed by atoms with van der Waals surface area (Å²) in [5.74, 6) is 0.968. The third-order valence-electron chi connectivity index (χ3n) is 5.53. The van der Waals surface area contributed by atoms with E-state index in [1.54, 1.807) is 7.11 Å². The molecule has 0 saturated carbocycles. The highest BCUT2D eigenvalue weighted by molar-refractivity contribution is 9.10. The molecule has 4 rings (SSSR count). The molecule has 0 bridgehead atoms. The summed E-state index contributed by atoms with van der Waals surface area (Å²) in [5, 5.41) is 5.06. The van der Waals surface area contributed by atoms with Crippen molar-refractivity contribution < 1.29 is 4.74 Å². The Hall–Kier alpha value is -1.78. The van der Waals surface area contributed by atoms with Crippen LogP contribution in [0.15, 0.2) is 28.7 Å². The van der Waals surface area contributed by atoms with Crippen LogP contribution in [0, 0.1) is 20.8 Å². The number of ether oxygens (including phenoxy) is 1. The number of rotatable bonds is 2. The fourth-order valence-corrected chi connectivity index (χ4v) is 4.53. The van der Waals surface area contributed by atoms with Crippen LogP contribution in [0.25, 0.3) is 10.9 Å². The number of aromatic amines is 1. The summed E-state index contributed by atoms with van der Waals surface area (Å²) in [6.45, 7) is 7.51. The molecule has 0 saturated heterocycles. The van der Waals surface area contributed by atoms with Crippen LogP contribution < -0.4 is 10.1 Å². The van der Waals surface area contributed by atoms with Gasteiger partial charge >= 0.3 is 0 Å². The first-order chi connectivity index (χ1) is 12.0. The predicted octanol–water partition coefficient (Wildman–Crippen LogP) is 5.10. The molecule has 1 aliphatic heterocycles. The zero-order chi connectivity index (χ0) is 17.7. The molecule has 0 fully saturated rings. The van der Waals surface area contributed by atoms with Crippen LogP contribution in [0.2, 0.25) is 0 Å². The van der Waals surface area contributed by atoms with Gasteiger partial charge in [-0.15, -0.1) is 0 Å². The first-order valence-electron chi connectivity index (χ1n) is 8.69. The summed E-state index contributed by atoms with van der Waals surface area (Å²) in [6.07, 6.45) is 1.05. The Kier molecular flexibility index (Phi) is 4.13. The molecule has 2 aromatic carbocycles. The summed E-state index contributed by atoms with van der Waals surface area (Å²) >= 11 is 3.61. The minimum Gasteiger partial charge on any atom is -0.496 e. The lowest BCUT2D eigenvalue weighted by atomic mass is 9.87. The maximum atomic E-state index is 5.55. The SMILES string of the molecule is COc1cc(C)c(C2NCCc3c2[nH]c2ccc(Br)cc32)c(C)c1C. The minimum absolute atomic E-state index is 0.194. The second-order valence-electron chi connectivity index (χ2n) is 6.90. The Morgan fingerprint density at radius 3 is 2.68 bits per heavy atom. The Balaban J connectivity index is 1.93. The van der Waals surface area contributed by atoms with E-state index in [4.69, 9.17) is 4.74 Å². The highest BCUT2D eigenvalue weighted by atomic mass is 79.9. The zero-order valence-corrected chi connectivity index (χ0v) is 16.7. The standard InChI is InChI=1S/C21H23BrN2O/c1-11-9-18(25-4)12(2)13(3)19(11)21-20-15(7-8-23-21)16-10-14(22)5-6-17(16)24-20/h5-6,9-10,21,23-24H,7-8H2,1-4H3. The van der Waals surface area contributed by atoms with Crippen LogP contribution in [-0.2, 0) is 6.42 Å². The molecule has 0 spiro atoms. The van der Waals surface area contributed by atoms with Gasteiger partial charge in [-0.2, -0.15) is 0 Å². The smallest absolute Gasteiger partial charge is 0.122 e. The summed E-state index contributed by atoms with van der Waals surface area (Å²) in [6, 6.07) is 8.84. The molecule has 1 aliphatic rings.